The zero-order valence-corrected chi connectivity index (χ0v) is 19.6. The molecule has 0 aromatic heterocycles. The highest BCUT2D eigenvalue weighted by Gasteiger charge is 2.53. The molecular weight excluding hydrogens is 444 g/mol. The van der Waals surface area contributed by atoms with E-state index in [1.807, 2.05) is 24.3 Å². The highest BCUT2D eigenvalue weighted by molar-refractivity contribution is 5.83. The Balaban J connectivity index is 1.10. The Hall–Kier alpha value is -3.35. The molecule has 1 aliphatic heterocycles. The van der Waals surface area contributed by atoms with Gasteiger partial charge >= 0.3 is 12.1 Å². The normalized spacial score (nSPS) is 26.7. The maximum atomic E-state index is 13.3. The summed E-state index contributed by atoms with van der Waals surface area (Å²) in [6, 6.07) is 16.3. The van der Waals surface area contributed by atoms with Gasteiger partial charge in [-0.05, 0) is 53.4 Å². The molecule has 0 radical (unpaired) electrons. The van der Waals surface area contributed by atoms with Crippen molar-refractivity contribution in [1.82, 2.24) is 10.2 Å². The van der Waals surface area contributed by atoms with E-state index in [-0.39, 0.29) is 48.6 Å². The quantitative estimate of drug-likeness (QED) is 0.663. The predicted molar refractivity (Wildman–Crippen MR) is 129 cm³/mol. The molecule has 2 aromatic rings. The number of nitrogens with one attached hydrogen (secondary N) is 1. The van der Waals surface area contributed by atoms with Gasteiger partial charge in [0.1, 0.15) is 6.61 Å². The van der Waals surface area contributed by atoms with Crippen LogP contribution in [0.5, 0.6) is 0 Å². The minimum absolute atomic E-state index is 0.00198. The van der Waals surface area contributed by atoms with Crippen molar-refractivity contribution in [3.63, 3.8) is 0 Å². The van der Waals surface area contributed by atoms with Gasteiger partial charge in [0.05, 0.1) is 12.3 Å². The van der Waals surface area contributed by atoms with Gasteiger partial charge in [-0.2, -0.15) is 0 Å². The first-order valence-corrected chi connectivity index (χ1v) is 12.6. The zero-order chi connectivity index (χ0) is 24.1. The minimum atomic E-state index is -0.822. The summed E-state index contributed by atoms with van der Waals surface area (Å²) in [6.07, 6.45) is 2.62. The molecule has 4 aliphatic rings. The third-order valence-corrected chi connectivity index (χ3v) is 8.56. The smallest absolute Gasteiger partial charge is 0.407 e. The Bertz CT molecular complexity index is 1130. The Morgan fingerprint density at radius 1 is 0.943 bits per heavy atom. The van der Waals surface area contributed by atoms with Gasteiger partial charge in [-0.15, -0.1) is 0 Å². The number of aliphatic carboxylic acids is 1. The summed E-state index contributed by atoms with van der Waals surface area (Å²) in [4.78, 5) is 38.9. The van der Waals surface area contributed by atoms with Crippen molar-refractivity contribution in [2.75, 3.05) is 19.7 Å². The van der Waals surface area contributed by atoms with Gasteiger partial charge in [-0.3, -0.25) is 9.59 Å². The molecule has 1 saturated heterocycles. The van der Waals surface area contributed by atoms with Crippen LogP contribution in [-0.2, 0) is 14.3 Å². The second-order valence-corrected chi connectivity index (χ2v) is 10.6. The van der Waals surface area contributed by atoms with Crippen LogP contribution in [0.2, 0.25) is 0 Å². The summed E-state index contributed by atoms with van der Waals surface area (Å²) in [5.74, 6) is -0.392. The van der Waals surface area contributed by atoms with Crippen molar-refractivity contribution < 1.29 is 24.2 Å². The van der Waals surface area contributed by atoms with Crippen LogP contribution in [0.1, 0.15) is 42.7 Å². The molecule has 35 heavy (non-hydrogen) atoms. The van der Waals surface area contributed by atoms with Crippen LogP contribution in [0.25, 0.3) is 11.1 Å². The molecule has 7 heteroatoms. The van der Waals surface area contributed by atoms with Gasteiger partial charge < -0.3 is 20.1 Å². The van der Waals surface area contributed by atoms with Crippen molar-refractivity contribution in [3.05, 3.63) is 59.7 Å². The average molecular weight is 475 g/mol. The fourth-order valence-corrected chi connectivity index (χ4v) is 6.97. The number of rotatable bonds is 6. The molecule has 6 rings (SSSR count). The average Bonchev–Trinajstić information content (AvgIpc) is 3.51. The van der Waals surface area contributed by atoms with E-state index in [4.69, 9.17) is 9.84 Å². The lowest BCUT2D eigenvalue weighted by Crippen LogP contribution is -2.57. The maximum Gasteiger partial charge on any atom is 0.407 e. The molecular formula is C28H30N2O5. The van der Waals surface area contributed by atoms with Crippen LogP contribution < -0.4 is 5.32 Å². The van der Waals surface area contributed by atoms with E-state index in [1.165, 1.54) is 22.3 Å². The van der Waals surface area contributed by atoms with E-state index >= 15 is 0 Å². The second-order valence-electron chi connectivity index (χ2n) is 10.6. The van der Waals surface area contributed by atoms with E-state index in [9.17, 15) is 14.4 Å². The summed E-state index contributed by atoms with van der Waals surface area (Å²) in [5.41, 5.74) is 4.71. The Morgan fingerprint density at radius 3 is 2.23 bits per heavy atom. The zero-order valence-electron chi connectivity index (χ0n) is 19.6. The van der Waals surface area contributed by atoms with Crippen LogP contribution in [0, 0.1) is 23.7 Å². The third-order valence-electron chi connectivity index (χ3n) is 8.56. The number of nitrogens with zero attached hydrogens (tertiary/aromatic N) is 1. The number of alkyl carbamates (subject to hydrolysis) is 1. The first-order valence-electron chi connectivity index (χ1n) is 12.6. The largest absolute Gasteiger partial charge is 0.481 e. The number of likely N-dealkylation sites (tertiary alicyclic amines) is 1. The summed E-state index contributed by atoms with van der Waals surface area (Å²) in [6.45, 7) is 1.25. The van der Waals surface area contributed by atoms with Crippen molar-refractivity contribution in [2.24, 2.45) is 23.7 Å². The van der Waals surface area contributed by atoms with Crippen molar-refractivity contribution >= 4 is 18.0 Å². The molecule has 2 saturated carbocycles. The fraction of sp³-hybridized carbons (Fsp3) is 0.464. The standard InChI is InChI=1S/C28H30N2O5/c31-24(32)11-16-13-30(14-16)27(33)25-17-9-10-18(12-17)26(25)29-28(34)35-15-23-21-7-3-1-5-19(21)20-6-2-4-8-22(20)23/h1-8,16-18,23,25-26H,9-15H2,(H,29,34)(H,31,32). The summed E-state index contributed by atoms with van der Waals surface area (Å²) < 4.78 is 5.76. The number of benzene rings is 2. The lowest BCUT2D eigenvalue weighted by Gasteiger charge is -2.42. The highest BCUT2D eigenvalue weighted by Crippen LogP contribution is 2.50. The van der Waals surface area contributed by atoms with Gasteiger partial charge in [0.15, 0.2) is 0 Å². The number of carboxylic acid groups (broad SMARTS) is 1. The van der Waals surface area contributed by atoms with E-state index in [0.717, 1.165) is 19.3 Å². The van der Waals surface area contributed by atoms with E-state index < -0.39 is 12.1 Å². The van der Waals surface area contributed by atoms with Gasteiger partial charge in [-0.1, -0.05) is 48.5 Å². The SMILES string of the molecule is O=C(O)CC1CN(C(=O)C2C3CCC(C3)C2NC(=O)OCC2c3ccccc3-c3ccccc32)C1. The number of hydrogen-bond donors (Lipinski definition) is 2. The number of amides is 2. The van der Waals surface area contributed by atoms with Gasteiger partial charge in [0, 0.05) is 31.0 Å². The van der Waals surface area contributed by atoms with E-state index in [2.05, 4.69) is 29.6 Å². The van der Waals surface area contributed by atoms with Crippen molar-refractivity contribution in [2.45, 2.75) is 37.6 Å². The topological polar surface area (TPSA) is 95.9 Å². The molecule has 4 atom stereocenters. The number of fused-ring (bicyclic) bond motifs is 5. The Labute approximate surface area is 204 Å². The number of carboxylic acids is 1. The molecule has 2 N–H and O–H groups in total. The molecule has 2 aromatic carbocycles. The van der Waals surface area contributed by atoms with Crippen LogP contribution in [0.15, 0.2) is 48.5 Å². The molecule has 7 nitrogen and oxygen atoms in total. The third kappa shape index (κ3) is 3.87. The molecule has 2 bridgehead atoms. The maximum absolute atomic E-state index is 13.3. The van der Waals surface area contributed by atoms with Crippen molar-refractivity contribution in [1.29, 1.82) is 0 Å². The van der Waals surface area contributed by atoms with E-state index in [0.29, 0.717) is 19.0 Å². The summed E-state index contributed by atoms with van der Waals surface area (Å²) >= 11 is 0. The Morgan fingerprint density at radius 2 is 1.57 bits per heavy atom. The lowest BCUT2D eigenvalue weighted by molar-refractivity contribution is -0.149. The van der Waals surface area contributed by atoms with Gasteiger partial charge in [-0.25, -0.2) is 4.79 Å². The molecule has 1 heterocycles. The molecule has 3 fully saturated rings. The Kier molecular flexibility index (Phi) is 5.50. The lowest BCUT2D eigenvalue weighted by atomic mass is 9.82. The molecule has 4 unspecified atom stereocenters. The summed E-state index contributed by atoms with van der Waals surface area (Å²) in [7, 11) is 0. The first-order chi connectivity index (χ1) is 17.0. The monoisotopic (exact) mass is 474 g/mol. The molecule has 0 spiro atoms. The molecule has 2 amide bonds. The number of carbonyl (C=O) groups excluding carboxylic acids is 2. The first kappa shape index (κ1) is 22.1. The summed E-state index contributed by atoms with van der Waals surface area (Å²) in [5, 5.41) is 12.0. The van der Waals surface area contributed by atoms with Crippen LogP contribution in [0.3, 0.4) is 0 Å². The fourth-order valence-electron chi connectivity index (χ4n) is 6.97. The minimum Gasteiger partial charge on any atom is -0.481 e. The van der Waals surface area contributed by atoms with E-state index in [1.54, 1.807) is 4.90 Å². The number of carbonyl (C=O) groups is 3. The van der Waals surface area contributed by atoms with Crippen LogP contribution >= 0.6 is 0 Å². The number of ether oxygens (including phenoxy) is 1. The highest BCUT2D eigenvalue weighted by atomic mass is 16.5. The van der Waals surface area contributed by atoms with Crippen molar-refractivity contribution in [3.8, 4) is 11.1 Å². The molecule has 3 aliphatic carbocycles. The van der Waals surface area contributed by atoms with Gasteiger partial charge in [0.25, 0.3) is 0 Å². The van der Waals surface area contributed by atoms with Crippen LogP contribution in [0.4, 0.5) is 4.79 Å². The second kappa shape index (κ2) is 8.70. The van der Waals surface area contributed by atoms with Crippen LogP contribution in [-0.4, -0.2) is 53.7 Å². The van der Waals surface area contributed by atoms with Gasteiger partial charge in [0.2, 0.25) is 5.91 Å². The predicted octanol–water partition coefficient (Wildman–Crippen LogP) is 3.87. The number of hydrogen-bond acceptors (Lipinski definition) is 4. The molecule has 182 valence electrons.